The molecule has 1 aliphatic heterocycles. The molecule has 0 radical (unpaired) electrons. The Morgan fingerprint density at radius 3 is 2.67 bits per heavy atom. The maximum atomic E-state index is 6.11. The lowest BCUT2D eigenvalue weighted by Gasteiger charge is -2.27. The van der Waals surface area contributed by atoms with E-state index < -0.39 is 0 Å². The maximum Gasteiger partial charge on any atom is 0.0426 e. The van der Waals surface area contributed by atoms with E-state index >= 15 is 0 Å². The van der Waals surface area contributed by atoms with Gasteiger partial charge in [0, 0.05) is 23.2 Å². The first-order valence-electron chi connectivity index (χ1n) is 7.33. The Morgan fingerprint density at radius 1 is 0.905 bits per heavy atom. The van der Waals surface area contributed by atoms with Crippen molar-refractivity contribution in [3.8, 4) is 0 Å². The van der Waals surface area contributed by atoms with Gasteiger partial charge in [0.25, 0.3) is 0 Å². The van der Waals surface area contributed by atoms with Gasteiger partial charge in [-0.15, -0.1) is 0 Å². The zero-order valence-electron chi connectivity index (χ0n) is 11.6. The molecule has 4 rings (SSSR count). The van der Waals surface area contributed by atoms with Crippen LogP contribution in [0.5, 0.6) is 0 Å². The Bertz CT molecular complexity index is 810. The van der Waals surface area contributed by atoms with E-state index in [1.54, 1.807) is 0 Å². The van der Waals surface area contributed by atoms with Gasteiger partial charge in [-0.25, -0.2) is 0 Å². The van der Waals surface area contributed by atoms with E-state index in [4.69, 9.17) is 11.6 Å². The van der Waals surface area contributed by atoms with Gasteiger partial charge in [0.05, 0.1) is 0 Å². The molecule has 0 fully saturated rings. The van der Waals surface area contributed by atoms with Gasteiger partial charge in [-0.1, -0.05) is 60.1 Å². The number of anilines is 1. The van der Waals surface area contributed by atoms with Crippen molar-refractivity contribution in [3.05, 3.63) is 76.8 Å². The van der Waals surface area contributed by atoms with Crippen molar-refractivity contribution < 1.29 is 0 Å². The Labute approximate surface area is 129 Å². The van der Waals surface area contributed by atoms with Crippen molar-refractivity contribution in [3.63, 3.8) is 0 Å². The van der Waals surface area contributed by atoms with Crippen LogP contribution in [-0.2, 0) is 0 Å². The van der Waals surface area contributed by atoms with Crippen LogP contribution in [0.1, 0.15) is 23.5 Å². The Kier molecular flexibility index (Phi) is 3.08. The first kappa shape index (κ1) is 12.7. The summed E-state index contributed by atoms with van der Waals surface area (Å²) in [5.74, 6) is 0.447. The maximum absolute atomic E-state index is 6.11. The summed E-state index contributed by atoms with van der Waals surface area (Å²) in [5, 5.41) is 6.85. The molecule has 3 aromatic rings. The highest BCUT2D eigenvalue weighted by Gasteiger charge is 2.21. The molecular weight excluding hydrogens is 278 g/mol. The summed E-state index contributed by atoms with van der Waals surface area (Å²) in [6.07, 6.45) is 1.12. The summed E-state index contributed by atoms with van der Waals surface area (Å²) in [6.45, 7) is 0.991. The summed E-state index contributed by atoms with van der Waals surface area (Å²) in [4.78, 5) is 0. The fourth-order valence-electron chi connectivity index (χ4n) is 3.26. The number of rotatable bonds is 1. The summed E-state index contributed by atoms with van der Waals surface area (Å²) in [6, 6.07) is 21.5. The van der Waals surface area contributed by atoms with Crippen LogP contribution in [0.25, 0.3) is 10.8 Å². The van der Waals surface area contributed by atoms with Gasteiger partial charge in [0.15, 0.2) is 0 Å². The van der Waals surface area contributed by atoms with Crippen LogP contribution >= 0.6 is 11.6 Å². The highest BCUT2D eigenvalue weighted by molar-refractivity contribution is 6.30. The molecule has 0 saturated carbocycles. The fraction of sp³-hybridized carbons (Fsp3) is 0.158. The molecule has 0 amide bonds. The van der Waals surface area contributed by atoms with E-state index in [1.807, 2.05) is 12.1 Å². The largest absolute Gasteiger partial charge is 0.385 e. The lowest BCUT2D eigenvalue weighted by molar-refractivity contribution is 0.721. The van der Waals surface area contributed by atoms with E-state index in [9.17, 15) is 0 Å². The molecule has 0 aliphatic carbocycles. The van der Waals surface area contributed by atoms with Gasteiger partial charge >= 0.3 is 0 Å². The van der Waals surface area contributed by atoms with Crippen LogP contribution in [0.4, 0.5) is 5.69 Å². The van der Waals surface area contributed by atoms with Gasteiger partial charge in [-0.3, -0.25) is 0 Å². The van der Waals surface area contributed by atoms with Crippen molar-refractivity contribution >= 4 is 28.1 Å². The smallest absolute Gasteiger partial charge is 0.0426 e. The molecule has 0 unspecified atom stereocenters. The average Bonchev–Trinajstić information content (AvgIpc) is 2.53. The quantitative estimate of drug-likeness (QED) is 0.630. The molecule has 3 aromatic carbocycles. The molecule has 1 heterocycles. The standard InChI is InChI=1S/C19H16ClN/c20-16-7-8-18-17(9-10-21-19(18)12-16)15-6-5-13-3-1-2-4-14(13)11-15/h1-8,11-12,17,21H,9-10H2/t17-/m1/s1. The van der Waals surface area contributed by atoms with Crippen LogP contribution in [0.15, 0.2) is 60.7 Å². The van der Waals surface area contributed by atoms with Crippen molar-refractivity contribution in [2.75, 3.05) is 11.9 Å². The second kappa shape index (κ2) is 5.09. The second-order valence-electron chi connectivity index (χ2n) is 5.61. The molecule has 21 heavy (non-hydrogen) atoms. The van der Waals surface area contributed by atoms with Gasteiger partial charge in [-0.2, -0.15) is 0 Å². The number of hydrogen-bond donors (Lipinski definition) is 1. The molecule has 2 heteroatoms. The van der Waals surface area contributed by atoms with Crippen molar-refractivity contribution in [2.45, 2.75) is 12.3 Å². The first-order chi connectivity index (χ1) is 10.3. The second-order valence-corrected chi connectivity index (χ2v) is 6.04. The third kappa shape index (κ3) is 2.28. The van der Waals surface area contributed by atoms with E-state index in [1.165, 1.54) is 27.6 Å². The molecule has 0 aromatic heterocycles. The zero-order chi connectivity index (χ0) is 14.2. The Hall–Kier alpha value is -1.99. The molecule has 104 valence electrons. The van der Waals surface area contributed by atoms with Crippen LogP contribution < -0.4 is 5.32 Å². The molecular formula is C19H16ClN. The van der Waals surface area contributed by atoms with Gasteiger partial charge in [0.2, 0.25) is 0 Å². The summed E-state index contributed by atoms with van der Waals surface area (Å²) in [5.41, 5.74) is 3.91. The number of halogens is 1. The Balaban J connectivity index is 1.82. The van der Waals surface area contributed by atoms with Gasteiger partial charge in [0.1, 0.15) is 0 Å². The number of fused-ring (bicyclic) bond motifs is 2. The van der Waals surface area contributed by atoms with Crippen molar-refractivity contribution in [1.82, 2.24) is 0 Å². The fourth-order valence-corrected chi connectivity index (χ4v) is 3.44. The monoisotopic (exact) mass is 293 g/mol. The molecule has 0 saturated heterocycles. The van der Waals surface area contributed by atoms with Crippen molar-refractivity contribution in [1.29, 1.82) is 0 Å². The molecule has 0 bridgehead atoms. The average molecular weight is 294 g/mol. The predicted molar refractivity (Wildman–Crippen MR) is 90.3 cm³/mol. The number of benzene rings is 3. The third-order valence-corrected chi connectivity index (χ3v) is 4.55. The highest BCUT2D eigenvalue weighted by Crippen LogP contribution is 2.38. The normalized spacial score (nSPS) is 17.3. The predicted octanol–water partition coefficient (Wildman–Crippen LogP) is 5.44. The SMILES string of the molecule is Clc1ccc2c(c1)NCC[C@@H]2c1ccc2ccccc2c1. The van der Waals surface area contributed by atoms with Gasteiger partial charge < -0.3 is 5.32 Å². The van der Waals surface area contributed by atoms with E-state index in [2.05, 4.69) is 53.8 Å². The molecule has 1 aliphatic rings. The Morgan fingerprint density at radius 2 is 1.76 bits per heavy atom. The topological polar surface area (TPSA) is 12.0 Å². The van der Waals surface area contributed by atoms with Crippen LogP contribution in [0.3, 0.4) is 0 Å². The lowest BCUT2D eigenvalue weighted by Crippen LogP contribution is -2.17. The number of nitrogens with one attached hydrogen (secondary N) is 1. The van der Waals surface area contributed by atoms with E-state index in [0.29, 0.717) is 5.92 Å². The minimum Gasteiger partial charge on any atom is -0.385 e. The van der Waals surface area contributed by atoms with Crippen LogP contribution in [-0.4, -0.2) is 6.54 Å². The summed E-state index contributed by atoms with van der Waals surface area (Å²) < 4.78 is 0. The zero-order valence-corrected chi connectivity index (χ0v) is 12.4. The summed E-state index contributed by atoms with van der Waals surface area (Å²) >= 11 is 6.11. The summed E-state index contributed by atoms with van der Waals surface area (Å²) in [7, 11) is 0. The highest BCUT2D eigenvalue weighted by atomic mass is 35.5. The minimum atomic E-state index is 0.447. The number of hydrogen-bond acceptors (Lipinski definition) is 1. The van der Waals surface area contributed by atoms with Crippen molar-refractivity contribution in [2.24, 2.45) is 0 Å². The molecule has 1 atom stereocenters. The molecule has 1 N–H and O–H groups in total. The van der Waals surface area contributed by atoms with E-state index in [-0.39, 0.29) is 0 Å². The first-order valence-corrected chi connectivity index (χ1v) is 7.71. The van der Waals surface area contributed by atoms with Gasteiger partial charge in [-0.05, 0) is 40.5 Å². The molecule has 1 nitrogen and oxygen atoms in total. The third-order valence-electron chi connectivity index (χ3n) is 4.32. The minimum absolute atomic E-state index is 0.447. The van der Waals surface area contributed by atoms with Crippen LogP contribution in [0.2, 0.25) is 5.02 Å². The lowest BCUT2D eigenvalue weighted by atomic mass is 9.84. The molecule has 0 spiro atoms. The van der Waals surface area contributed by atoms with Crippen LogP contribution in [0, 0.1) is 0 Å². The van der Waals surface area contributed by atoms with E-state index in [0.717, 1.165) is 18.0 Å².